The van der Waals surface area contributed by atoms with E-state index in [4.69, 9.17) is 0 Å². The first-order valence-corrected chi connectivity index (χ1v) is 10.2. The van der Waals surface area contributed by atoms with Gasteiger partial charge in [0, 0.05) is 36.2 Å². The summed E-state index contributed by atoms with van der Waals surface area (Å²) in [6.45, 7) is 1.94. The number of non-ortho nitro benzene ring substituents is 1. The number of nitro groups is 1. The molecule has 0 saturated heterocycles. The number of rotatable bonds is 4. The van der Waals surface area contributed by atoms with Crippen molar-refractivity contribution in [3.8, 4) is 0 Å². The van der Waals surface area contributed by atoms with Crippen molar-refractivity contribution in [3.05, 3.63) is 75.5 Å². The fourth-order valence-corrected chi connectivity index (χ4v) is 4.24. The normalized spacial score (nSPS) is 18.2. The van der Waals surface area contributed by atoms with Crippen LogP contribution in [0.2, 0.25) is 0 Å². The van der Waals surface area contributed by atoms with Crippen LogP contribution in [-0.2, 0) is 9.59 Å². The minimum atomic E-state index is -0.621. The molecular formula is C23H23N3O4. The predicted molar refractivity (Wildman–Crippen MR) is 114 cm³/mol. The van der Waals surface area contributed by atoms with Gasteiger partial charge in [0.15, 0.2) is 5.78 Å². The van der Waals surface area contributed by atoms with Gasteiger partial charge in [0.2, 0.25) is 5.91 Å². The summed E-state index contributed by atoms with van der Waals surface area (Å²) in [6, 6.07) is 13.1. The highest BCUT2D eigenvalue weighted by molar-refractivity contribution is 6.06. The minimum absolute atomic E-state index is 0.00853. The lowest BCUT2D eigenvalue weighted by atomic mass is 9.85. The quantitative estimate of drug-likeness (QED) is 0.577. The third-order valence-corrected chi connectivity index (χ3v) is 5.59. The molecule has 0 aromatic heterocycles. The number of ketones is 1. The molecule has 1 N–H and O–H groups in total. The van der Waals surface area contributed by atoms with Gasteiger partial charge in [-0.05, 0) is 49.1 Å². The van der Waals surface area contributed by atoms with Crippen LogP contribution in [0.15, 0.2) is 59.8 Å². The predicted octanol–water partition coefficient (Wildman–Crippen LogP) is 4.90. The smallest absolute Gasteiger partial charge is 0.269 e. The Bertz CT molecular complexity index is 1040. The Balaban J connectivity index is 1.95. The molecule has 30 heavy (non-hydrogen) atoms. The zero-order valence-corrected chi connectivity index (χ0v) is 16.8. The Kier molecular flexibility index (Phi) is 5.35. The van der Waals surface area contributed by atoms with Crippen molar-refractivity contribution in [1.29, 1.82) is 0 Å². The van der Waals surface area contributed by atoms with E-state index in [0.29, 0.717) is 42.5 Å². The van der Waals surface area contributed by atoms with E-state index in [0.717, 1.165) is 17.8 Å². The van der Waals surface area contributed by atoms with Crippen molar-refractivity contribution >= 4 is 28.8 Å². The van der Waals surface area contributed by atoms with E-state index in [2.05, 4.69) is 5.32 Å². The van der Waals surface area contributed by atoms with Crippen LogP contribution in [0.3, 0.4) is 0 Å². The fourth-order valence-electron chi connectivity index (χ4n) is 4.24. The summed E-state index contributed by atoms with van der Waals surface area (Å²) < 4.78 is 0. The summed E-state index contributed by atoms with van der Waals surface area (Å²) in [7, 11) is 0. The summed E-state index contributed by atoms with van der Waals surface area (Å²) in [4.78, 5) is 38.7. The molecule has 1 unspecified atom stereocenters. The number of carbonyl (C=O) groups is 2. The molecule has 1 aliphatic heterocycles. The molecule has 0 fully saturated rings. The molecule has 0 saturated carbocycles. The van der Waals surface area contributed by atoms with Gasteiger partial charge in [0.1, 0.15) is 0 Å². The number of nitrogens with one attached hydrogen (secondary N) is 1. The second-order valence-electron chi connectivity index (χ2n) is 7.58. The highest BCUT2D eigenvalue weighted by Crippen LogP contribution is 2.45. The van der Waals surface area contributed by atoms with Gasteiger partial charge in [-0.15, -0.1) is 0 Å². The minimum Gasteiger partial charge on any atom is -0.357 e. The van der Waals surface area contributed by atoms with Crippen LogP contribution in [-0.4, -0.2) is 16.6 Å². The number of nitro benzene ring substituents is 1. The van der Waals surface area contributed by atoms with Gasteiger partial charge in [-0.3, -0.25) is 24.6 Å². The first kappa shape index (κ1) is 19.8. The highest BCUT2D eigenvalue weighted by atomic mass is 16.6. The van der Waals surface area contributed by atoms with Gasteiger partial charge in [-0.2, -0.15) is 0 Å². The van der Waals surface area contributed by atoms with Crippen molar-refractivity contribution < 1.29 is 14.5 Å². The van der Waals surface area contributed by atoms with Crippen LogP contribution < -0.4 is 10.2 Å². The van der Waals surface area contributed by atoms with Gasteiger partial charge in [0.05, 0.1) is 22.3 Å². The maximum absolute atomic E-state index is 13.3. The van der Waals surface area contributed by atoms with Gasteiger partial charge < -0.3 is 5.32 Å². The molecule has 2 aliphatic rings. The van der Waals surface area contributed by atoms with Crippen LogP contribution in [0, 0.1) is 10.1 Å². The van der Waals surface area contributed by atoms with Gasteiger partial charge in [-0.25, -0.2) is 0 Å². The number of allylic oxidation sites excluding steroid dienone is 1. The molecule has 7 heteroatoms. The number of benzene rings is 2. The number of fused-ring (bicyclic) bond motifs is 1. The van der Waals surface area contributed by atoms with E-state index in [1.807, 2.05) is 31.2 Å². The third-order valence-electron chi connectivity index (χ3n) is 5.59. The molecule has 4 rings (SSSR count). The van der Waals surface area contributed by atoms with Crippen molar-refractivity contribution in [2.75, 3.05) is 10.2 Å². The van der Waals surface area contributed by atoms with Gasteiger partial charge in [0.25, 0.3) is 5.69 Å². The second kappa shape index (κ2) is 8.10. The Morgan fingerprint density at radius 1 is 1.17 bits per heavy atom. The van der Waals surface area contributed by atoms with Gasteiger partial charge >= 0.3 is 0 Å². The van der Waals surface area contributed by atoms with Crippen molar-refractivity contribution in [2.24, 2.45) is 0 Å². The average Bonchev–Trinajstić information content (AvgIpc) is 2.89. The molecular weight excluding hydrogens is 382 g/mol. The van der Waals surface area contributed by atoms with E-state index < -0.39 is 11.0 Å². The molecule has 0 spiro atoms. The van der Waals surface area contributed by atoms with Crippen molar-refractivity contribution in [2.45, 2.75) is 45.1 Å². The summed E-state index contributed by atoms with van der Waals surface area (Å²) in [5.41, 5.74) is 3.56. The summed E-state index contributed by atoms with van der Waals surface area (Å²) >= 11 is 0. The van der Waals surface area contributed by atoms with E-state index in [1.165, 1.54) is 12.1 Å². The lowest BCUT2D eigenvalue weighted by Crippen LogP contribution is -2.37. The molecule has 154 valence electrons. The number of hydrogen-bond donors (Lipinski definition) is 1. The SMILES string of the molecule is CCCC(=O)N1c2ccccc2NC2=C(C(=O)CCC2)C1c1ccc([N+](=O)[O-])cc1. The molecule has 1 atom stereocenters. The number of Topliss-reactive ketones (excluding diaryl/α,β-unsaturated/α-hetero) is 1. The number of carbonyl (C=O) groups excluding carboxylic acids is 2. The molecule has 1 aliphatic carbocycles. The topological polar surface area (TPSA) is 92.6 Å². The number of para-hydroxylation sites is 2. The van der Waals surface area contributed by atoms with Gasteiger partial charge in [-0.1, -0.05) is 19.1 Å². The van der Waals surface area contributed by atoms with Crippen LogP contribution in [0.5, 0.6) is 0 Å². The zero-order valence-electron chi connectivity index (χ0n) is 16.8. The van der Waals surface area contributed by atoms with E-state index in [9.17, 15) is 19.7 Å². The first-order valence-electron chi connectivity index (χ1n) is 10.2. The monoisotopic (exact) mass is 405 g/mol. The molecule has 2 aromatic rings. The molecule has 1 amide bonds. The Morgan fingerprint density at radius 2 is 1.90 bits per heavy atom. The standard InChI is InChI=1S/C23H23N3O4/c1-2-6-21(28)25-19-9-4-3-7-17(19)24-18-8-5-10-20(27)22(18)23(25)15-11-13-16(14-12-15)26(29)30/h3-4,7,9,11-14,23-24H,2,5-6,8,10H2,1H3. The van der Waals surface area contributed by atoms with E-state index in [-0.39, 0.29) is 17.4 Å². The number of amides is 1. The number of hydrogen-bond acceptors (Lipinski definition) is 5. The maximum Gasteiger partial charge on any atom is 0.269 e. The lowest BCUT2D eigenvalue weighted by molar-refractivity contribution is -0.384. The molecule has 2 aromatic carbocycles. The second-order valence-corrected chi connectivity index (χ2v) is 7.58. The first-order chi connectivity index (χ1) is 14.5. The average molecular weight is 405 g/mol. The third kappa shape index (κ3) is 3.47. The highest BCUT2D eigenvalue weighted by Gasteiger charge is 2.39. The summed E-state index contributed by atoms with van der Waals surface area (Å²) in [5.74, 6) is -0.0727. The fraction of sp³-hybridized carbons (Fsp3) is 0.304. The molecule has 0 bridgehead atoms. The molecule has 7 nitrogen and oxygen atoms in total. The van der Waals surface area contributed by atoms with Crippen LogP contribution >= 0.6 is 0 Å². The largest absolute Gasteiger partial charge is 0.357 e. The van der Waals surface area contributed by atoms with Crippen LogP contribution in [0.4, 0.5) is 17.1 Å². The Labute approximate surface area is 174 Å². The molecule has 0 radical (unpaired) electrons. The maximum atomic E-state index is 13.3. The van der Waals surface area contributed by atoms with E-state index >= 15 is 0 Å². The summed E-state index contributed by atoms with van der Waals surface area (Å²) in [6.07, 6.45) is 2.92. The summed E-state index contributed by atoms with van der Waals surface area (Å²) in [5, 5.41) is 14.5. The lowest BCUT2D eigenvalue weighted by Gasteiger charge is -2.34. The van der Waals surface area contributed by atoms with Crippen LogP contribution in [0.1, 0.15) is 50.6 Å². The molecule has 1 heterocycles. The van der Waals surface area contributed by atoms with Crippen LogP contribution in [0.25, 0.3) is 0 Å². The Hall–Kier alpha value is -3.48. The van der Waals surface area contributed by atoms with Crippen molar-refractivity contribution in [1.82, 2.24) is 0 Å². The number of nitrogens with zero attached hydrogens (tertiary/aromatic N) is 2. The van der Waals surface area contributed by atoms with E-state index in [1.54, 1.807) is 17.0 Å². The number of anilines is 2. The zero-order chi connectivity index (χ0) is 21.3. The Morgan fingerprint density at radius 3 is 2.60 bits per heavy atom. The van der Waals surface area contributed by atoms with Crippen molar-refractivity contribution in [3.63, 3.8) is 0 Å².